The van der Waals surface area contributed by atoms with E-state index in [2.05, 4.69) is 98.9 Å². The topological polar surface area (TPSA) is 94.1 Å². The van der Waals surface area contributed by atoms with Crippen LogP contribution in [-0.2, 0) is 27.9 Å². The number of likely N-dealkylation sites (N-methyl/N-ethyl adjacent to an activating group) is 1. The number of ether oxygens (including phenoxy) is 2. The molecule has 0 aliphatic rings. The molecule has 51 heavy (non-hydrogen) atoms. The normalized spacial score (nSPS) is 14.9. The number of phosphoric ester groups is 1. The highest BCUT2D eigenvalue weighted by Gasteiger charge is 2.20. The van der Waals surface area contributed by atoms with Crippen molar-refractivity contribution in [3.63, 3.8) is 0 Å². The molecule has 0 aromatic heterocycles. The summed E-state index contributed by atoms with van der Waals surface area (Å²) in [6.45, 7) is 5.01. The molecule has 2 atom stereocenters. The van der Waals surface area contributed by atoms with Gasteiger partial charge in [-0.15, -0.1) is 0 Å². The molecule has 0 fully saturated rings. The number of esters is 1. The molecule has 0 aliphatic heterocycles. The van der Waals surface area contributed by atoms with E-state index in [1.54, 1.807) is 0 Å². The van der Waals surface area contributed by atoms with E-state index < -0.39 is 13.9 Å². The first kappa shape index (κ1) is 48.7. The third kappa shape index (κ3) is 38.7. The van der Waals surface area contributed by atoms with Crippen LogP contribution < -0.4 is 4.89 Å². The maximum absolute atomic E-state index is 12.6. The largest absolute Gasteiger partial charge is 0.756 e. The standard InChI is InChI=1S/C42H72NO7P/c1-6-8-10-12-14-16-18-20-21-22-24-26-28-30-32-34-37-47-39-41(40-49-51(45,46)48-38-36-43(3,4)5)50-42(44)35-33-31-29-27-25-23-19-17-15-13-11-9-7-2/h8-11,14-17,20-21,23-26,41H,6-7,12-13,18-19,22,27-40H2,1-5H3/b10-8-,11-9-,16-14-,17-15-,21-20-,25-23-,26-24-. The second kappa shape index (κ2) is 34.7. The summed E-state index contributed by atoms with van der Waals surface area (Å²) in [6, 6.07) is 0. The highest BCUT2D eigenvalue weighted by Crippen LogP contribution is 2.38. The van der Waals surface area contributed by atoms with Gasteiger partial charge in [0.1, 0.15) is 19.3 Å². The number of hydrogen-bond donors (Lipinski definition) is 0. The molecule has 0 amide bonds. The van der Waals surface area contributed by atoms with Crippen LogP contribution in [0.3, 0.4) is 0 Å². The molecule has 0 N–H and O–H groups in total. The fourth-order valence-corrected chi connectivity index (χ4v) is 5.22. The molecule has 2 unspecified atom stereocenters. The van der Waals surface area contributed by atoms with Gasteiger partial charge in [0, 0.05) is 13.0 Å². The van der Waals surface area contributed by atoms with Gasteiger partial charge in [-0.3, -0.25) is 9.36 Å². The zero-order valence-corrected chi connectivity index (χ0v) is 33.7. The van der Waals surface area contributed by atoms with Crippen molar-refractivity contribution in [2.24, 2.45) is 0 Å². The molecule has 0 saturated carbocycles. The number of unbranched alkanes of at least 4 members (excludes halogenated alkanes) is 6. The summed E-state index contributed by atoms with van der Waals surface area (Å²) in [6.07, 6.45) is 44.6. The lowest BCUT2D eigenvalue weighted by molar-refractivity contribution is -0.870. The van der Waals surface area contributed by atoms with Crippen molar-refractivity contribution in [2.75, 3.05) is 54.1 Å². The van der Waals surface area contributed by atoms with Crippen molar-refractivity contribution >= 4 is 13.8 Å². The Morgan fingerprint density at radius 3 is 1.57 bits per heavy atom. The molecule has 0 aromatic rings. The monoisotopic (exact) mass is 734 g/mol. The van der Waals surface area contributed by atoms with Gasteiger partial charge in [-0.1, -0.05) is 112 Å². The summed E-state index contributed by atoms with van der Waals surface area (Å²) in [5.41, 5.74) is 0. The number of rotatable bonds is 34. The molecular weight excluding hydrogens is 661 g/mol. The molecule has 0 bridgehead atoms. The third-order valence-electron chi connectivity index (χ3n) is 7.44. The Balaban J connectivity index is 4.43. The van der Waals surface area contributed by atoms with Crippen molar-refractivity contribution in [1.82, 2.24) is 0 Å². The van der Waals surface area contributed by atoms with Gasteiger partial charge in [-0.05, 0) is 83.5 Å². The average Bonchev–Trinajstić information content (AvgIpc) is 3.08. The first-order valence-corrected chi connectivity index (χ1v) is 20.8. The minimum Gasteiger partial charge on any atom is -0.756 e. The van der Waals surface area contributed by atoms with E-state index in [-0.39, 0.29) is 32.2 Å². The lowest BCUT2D eigenvalue weighted by atomic mass is 10.1. The van der Waals surface area contributed by atoms with Gasteiger partial charge in [0.15, 0.2) is 0 Å². The zero-order chi connectivity index (χ0) is 37.7. The molecule has 0 aliphatic carbocycles. The minimum absolute atomic E-state index is 0.00861. The second-order valence-electron chi connectivity index (χ2n) is 13.5. The Bertz CT molecular complexity index is 1090. The lowest BCUT2D eigenvalue weighted by Gasteiger charge is -2.28. The summed E-state index contributed by atoms with van der Waals surface area (Å²) in [5.74, 6) is -0.380. The predicted octanol–water partition coefficient (Wildman–Crippen LogP) is 10.3. The first-order valence-electron chi connectivity index (χ1n) is 19.3. The fraction of sp³-hybridized carbons (Fsp3) is 0.643. The average molecular weight is 734 g/mol. The number of nitrogens with zero attached hydrogens (tertiary/aromatic N) is 1. The maximum atomic E-state index is 12.6. The molecule has 0 aromatic carbocycles. The number of hydrogen-bond acceptors (Lipinski definition) is 7. The summed E-state index contributed by atoms with van der Waals surface area (Å²) in [5, 5.41) is 0. The van der Waals surface area contributed by atoms with Gasteiger partial charge >= 0.3 is 5.97 Å². The summed E-state index contributed by atoms with van der Waals surface area (Å²) >= 11 is 0. The Morgan fingerprint density at radius 1 is 0.608 bits per heavy atom. The van der Waals surface area contributed by atoms with E-state index in [1.807, 2.05) is 21.1 Å². The summed E-state index contributed by atoms with van der Waals surface area (Å²) in [4.78, 5) is 24.9. The number of phosphoric acid groups is 1. The zero-order valence-electron chi connectivity index (χ0n) is 32.8. The quantitative estimate of drug-likeness (QED) is 0.0214. The molecule has 0 saturated heterocycles. The highest BCUT2D eigenvalue weighted by atomic mass is 31.2. The van der Waals surface area contributed by atoms with Gasteiger partial charge in [0.05, 0.1) is 34.4 Å². The molecule has 292 valence electrons. The molecule has 0 heterocycles. The number of quaternary nitrogens is 1. The Morgan fingerprint density at radius 2 is 1.08 bits per heavy atom. The number of carbonyl (C=O) groups is 1. The predicted molar refractivity (Wildman–Crippen MR) is 212 cm³/mol. The van der Waals surface area contributed by atoms with E-state index in [1.165, 1.54) is 0 Å². The van der Waals surface area contributed by atoms with Crippen LogP contribution in [0.25, 0.3) is 0 Å². The summed E-state index contributed by atoms with van der Waals surface area (Å²) in [7, 11) is 1.29. The Labute approximate surface area is 312 Å². The van der Waals surface area contributed by atoms with Crippen LogP contribution >= 0.6 is 7.82 Å². The maximum Gasteiger partial charge on any atom is 0.306 e. The van der Waals surface area contributed by atoms with Gasteiger partial charge < -0.3 is 27.9 Å². The minimum atomic E-state index is -4.54. The van der Waals surface area contributed by atoms with Crippen LogP contribution in [0.4, 0.5) is 0 Å². The first-order chi connectivity index (χ1) is 24.6. The van der Waals surface area contributed by atoms with Crippen LogP contribution in [0.15, 0.2) is 85.1 Å². The lowest BCUT2D eigenvalue weighted by Crippen LogP contribution is -2.37. The molecule has 0 rings (SSSR count). The van der Waals surface area contributed by atoms with E-state index in [9.17, 15) is 14.3 Å². The molecule has 8 nitrogen and oxygen atoms in total. The van der Waals surface area contributed by atoms with Crippen LogP contribution in [0, 0.1) is 0 Å². The van der Waals surface area contributed by atoms with E-state index in [0.717, 1.165) is 89.9 Å². The van der Waals surface area contributed by atoms with Gasteiger partial charge in [-0.25, -0.2) is 0 Å². The van der Waals surface area contributed by atoms with Gasteiger partial charge in [-0.2, -0.15) is 0 Å². The van der Waals surface area contributed by atoms with Crippen LogP contribution in [-0.4, -0.2) is 70.7 Å². The number of carbonyl (C=O) groups excluding carboxylic acids is 1. The molecular formula is C42H72NO7P. The number of allylic oxidation sites excluding steroid dienone is 14. The van der Waals surface area contributed by atoms with E-state index in [0.29, 0.717) is 24.1 Å². The van der Waals surface area contributed by atoms with Crippen molar-refractivity contribution in [1.29, 1.82) is 0 Å². The van der Waals surface area contributed by atoms with Crippen LogP contribution in [0.2, 0.25) is 0 Å². The van der Waals surface area contributed by atoms with Crippen molar-refractivity contribution in [3.8, 4) is 0 Å². The van der Waals surface area contributed by atoms with E-state index in [4.69, 9.17) is 18.5 Å². The SMILES string of the molecule is CC/C=C\C/C=C\C/C=C\C/C=C\CCCCCOCC(COP(=O)([O-])OCC[N+](C)(C)C)OC(=O)CCCCC/C=C\C/C=C\C/C=C\CC. The summed E-state index contributed by atoms with van der Waals surface area (Å²) < 4.78 is 34.4. The molecule has 9 heteroatoms. The van der Waals surface area contributed by atoms with Crippen molar-refractivity contribution in [3.05, 3.63) is 85.1 Å². The second-order valence-corrected chi connectivity index (χ2v) is 14.9. The molecule has 0 radical (unpaired) electrons. The van der Waals surface area contributed by atoms with Gasteiger partial charge in [0.2, 0.25) is 0 Å². The highest BCUT2D eigenvalue weighted by molar-refractivity contribution is 7.45. The van der Waals surface area contributed by atoms with Crippen LogP contribution in [0.5, 0.6) is 0 Å². The third-order valence-corrected chi connectivity index (χ3v) is 8.41. The smallest absolute Gasteiger partial charge is 0.306 e. The van der Waals surface area contributed by atoms with Crippen LogP contribution in [0.1, 0.15) is 117 Å². The molecule has 0 spiro atoms. The van der Waals surface area contributed by atoms with Gasteiger partial charge in [0.25, 0.3) is 7.82 Å². The van der Waals surface area contributed by atoms with Crippen molar-refractivity contribution < 1.29 is 37.3 Å². The Hall–Kier alpha value is -2.32. The van der Waals surface area contributed by atoms with E-state index >= 15 is 0 Å². The van der Waals surface area contributed by atoms with Crippen molar-refractivity contribution in [2.45, 2.75) is 123 Å². The Kier molecular flexibility index (Phi) is 33.2. The fourth-order valence-electron chi connectivity index (χ4n) is 4.49.